The molecule has 0 spiro atoms. The molecule has 0 bridgehead atoms. The zero-order chi connectivity index (χ0) is 14.3. The molecule has 20 heavy (non-hydrogen) atoms. The van der Waals surface area contributed by atoms with Crippen molar-refractivity contribution in [1.29, 1.82) is 0 Å². The van der Waals surface area contributed by atoms with Crippen LogP contribution in [0.5, 0.6) is 0 Å². The number of hydrogen-bond donors (Lipinski definition) is 1. The number of hydrogen-bond acceptors (Lipinski definition) is 2. The maximum atomic E-state index is 4.60. The number of benzene rings is 1. The Labute approximate surface area is 129 Å². The molecule has 0 saturated heterocycles. The van der Waals surface area contributed by atoms with Crippen molar-refractivity contribution in [1.82, 2.24) is 10.3 Å². The molecule has 1 fully saturated rings. The number of rotatable bonds is 3. The van der Waals surface area contributed by atoms with Crippen LogP contribution in [-0.2, 0) is 0 Å². The number of pyridine rings is 1. The lowest BCUT2D eigenvalue weighted by atomic mass is 10.0. The van der Waals surface area contributed by atoms with E-state index in [1.807, 2.05) is 12.3 Å². The van der Waals surface area contributed by atoms with Gasteiger partial charge < -0.3 is 5.32 Å². The molecular formula is C17H21BrN2. The van der Waals surface area contributed by atoms with Gasteiger partial charge >= 0.3 is 0 Å². The van der Waals surface area contributed by atoms with Crippen molar-refractivity contribution in [2.45, 2.75) is 38.6 Å². The van der Waals surface area contributed by atoms with Crippen LogP contribution in [0.4, 0.5) is 0 Å². The second-order valence-corrected chi connectivity index (χ2v) is 7.62. The van der Waals surface area contributed by atoms with E-state index in [0.29, 0.717) is 5.92 Å². The van der Waals surface area contributed by atoms with Gasteiger partial charge in [-0.2, -0.15) is 0 Å². The molecule has 1 aromatic heterocycles. The third-order valence-corrected chi connectivity index (χ3v) is 4.66. The summed E-state index contributed by atoms with van der Waals surface area (Å²) in [7, 11) is 0. The highest BCUT2D eigenvalue weighted by atomic mass is 79.9. The summed E-state index contributed by atoms with van der Waals surface area (Å²) in [4.78, 5) is 4.60. The van der Waals surface area contributed by atoms with E-state index in [0.717, 1.165) is 22.5 Å². The predicted octanol–water partition coefficient (Wildman–Crippen LogP) is 4.49. The fourth-order valence-corrected chi connectivity index (χ4v) is 3.20. The molecule has 3 heteroatoms. The lowest BCUT2D eigenvalue weighted by Gasteiger charge is -2.20. The Balaban J connectivity index is 1.81. The summed E-state index contributed by atoms with van der Waals surface area (Å²) < 4.78 is 1.13. The number of nitrogens with one attached hydrogen (secondary N) is 1. The summed E-state index contributed by atoms with van der Waals surface area (Å²) in [6, 6.07) is 8.54. The summed E-state index contributed by atoms with van der Waals surface area (Å²) in [6.07, 6.45) is 3.17. The highest BCUT2D eigenvalue weighted by Crippen LogP contribution is 2.49. The van der Waals surface area contributed by atoms with Gasteiger partial charge in [-0.05, 0) is 63.3 Å². The maximum absolute atomic E-state index is 4.60. The monoisotopic (exact) mass is 332 g/mol. The van der Waals surface area contributed by atoms with E-state index in [9.17, 15) is 0 Å². The summed E-state index contributed by atoms with van der Waals surface area (Å²) in [5.41, 5.74) is 2.77. The van der Waals surface area contributed by atoms with Crippen molar-refractivity contribution in [2.24, 2.45) is 5.92 Å². The minimum Gasteiger partial charge on any atom is -0.312 e. The largest absolute Gasteiger partial charge is 0.312 e. The van der Waals surface area contributed by atoms with E-state index in [2.05, 4.69) is 65.2 Å². The van der Waals surface area contributed by atoms with Gasteiger partial charge in [0.2, 0.25) is 0 Å². The fraction of sp³-hybridized carbons (Fsp3) is 0.471. The van der Waals surface area contributed by atoms with E-state index in [4.69, 9.17) is 0 Å². The molecule has 1 aliphatic rings. The Morgan fingerprint density at radius 1 is 1.30 bits per heavy atom. The molecule has 1 N–H and O–H groups in total. The van der Waals surface area contributed by atoms with Crippen molar-refractivity contribution in [2.75, 3.05) is 6.54 Å². The first kappa shape index (κ1) is 14.0. The molecule has 3 rings (SSSR count). The summed E-state index contributed by atoms with van der Waals surface area (Å²) >= 11 is 3.62. The SMILES string of the molecule is CC(C)(C)NCC1CC1c1ccc(Br)c2cccnc12. The quantitative estimate of drug-likeness (QED) is 0.895. The summed E-state index contributed by atoms with van der Waals surface area (Å²) in [6.45, 7) is 7.77. The first-order valence-corrected chi connectivity index (χ1v) is 8.03. The van der Waals surface area contributed by atoms with Crippen LogP contribution in [-0.4, -0.2) is 17.1 Å². The van der Waals surface area contributed by atoms with Crippen LogP contribution in [0.3, 0.4) is 0 Å². The Morgan fingerprint density at radius 2 is 2.10 bits per heavy atom. The molecule has 0 aliphatic heterocycles. The number of nitrogens with zero attached hydrogens (tertiary/aromatic N) is 1. The number of fused-ring (bicyclic) bond motifs is 1. The molecule has 1 aromatic carbocycles. The summed E-state index contributed by atoms with van der Waals surface area (Å²) in [5.74, 6) is 1.41. The average molecular weight is 333 g/mol. The smallest absolute Gasteiger partial charge is 0.0748 e. The van der Waals surface area contributed by atoms with Crippen LogP contribution in [0.2, 0.25) is 0 Å². The molecule has 2 atom stereocenters. The Bertz CT molecular complexity index is 630. The van der Waals surface area contributed by atoms with Crippen LogP contribution < -0.4 is 5.32 Å². The average Bonchev–Trinajstić information content (AvgIpc) is 3.16. The van der Waals surface area contributed by atoms with Gasteiger partial charge in [-0.1, -0.05) is 28.1 Å². The van der Waals surface area contributed by atoms with Gasteiger partial charge in [0.15, 0.2) is 0 Å². The molecule has 2 unspecified atom stereocenters. The molecular weight excluding hydrogens is 312 g/mol. The molecule has 2 aromatic rings. The second-order valence-electron chi connectivity index (χ2n) is 6.77. The van der Waals surface area contributed by atoms with Crippen molar-refractivity contribution in [3.05, 3.63) is 40.5 Å². The Hall–Kier alpha value is -0.930. The molecule has 0 amide bonds. The minimum absolute atomic E-state index is 0.202. The minimum atomic E-state index is 0.202. The van der Waals surface area contributed by atoms with E-state index in [-0.39, 0.29) is 5.54 Å². The van der Waals surface area contributed by atoms with Crippen molar-refractivity contribution < 1.29 is 0 Å². The molecule has 1 heterocycles. The van der Waals surface area contributed by atoms with E-state index in [1.54, 1.807) is 0 Å². The molecule has 1 saturated carbocycles. The normalized spacial score (nSPS) is 22.2. The zero-order valence-corrected chi connectivity index (χ0v) is 13.9. The molecule has 106 valence electrons. The highest BCUT2D eigenvalue weighted by molar-refractivity contribution is 9.10. The van der Waals surface area contributed by atoms with Crippen LogP contribution in [0, 0.1) is 5.92 Å². The van der Waals surface area contributed by atoms with E-state index < -0.39 is 0 Å². The topological polar surface area (TPSA) is 24.9 Å². The van der Waals surface area contributed by atoms with Crippen molar-refractivity contribution >= 4 is 26.8 Å². The van der Waals surface area contributed by atoms with E-state index in [1.165, 1.54) is 17.4 Å². The molecule has 1 aliphatic carbocycles. The van der Waals surface area contributed by atoms with Gasteiger partial charge in [0.1, 0.15) is 0 Å². The van der Waals surface area contributed by atoms with Gasteiger partial charge in [0.25, 0.3) is 0 Å². The van der Waals surface area contributed by atoms with Crippen molar-refractivity contribution in [3.63, 3.8) is 0 Å². The number of halogens is 1. The lowest BCUT2D eigenvalue weighted by Crippen LogP contribution is -2.37. The predicted molar refractivity (Wildman–Crippen MR) is 88.0 cm³/mol. The first-order chi connectivity index (χ1) is 9.46. The number of aromatic nitrogens is 1. The van der Waals surface area contributed by atoms with Gasteiger partial charge in [-0.15, -0.1) is 0 Å². The fourth-order valence-electron chi connectivity index (χ4n) is 2.75. The second kappa shape index (κ2) is 5.12. The van der Waals surface area contributed by atoms with Gasteiger partial charge in [-0.3, -0.25) is 4.98 Å². The lowest BCUT2D eigenvalue weighted by molar-refractivity contribution is 0.414. The van der Waals surface area contributed by atoms with Crippen LogP contribution >= 0.6 is 15.9 Å². The summed E-state index contributed by atoms with van der Waals surface area (Å²) in [5, 5.41) is 4.84. The Morgan fingerprint density at radius 3 is 2.85 bits per heavy atom. The van der Waals surface area contributed by atoms with Gasteiger partial charge in [0, 0.05) is 21.6 Å². The van der Waals surface area contributed by atoms with Crippen LogP contribution in [0.1, 0.15) is 38.7 Å². The van der Waals surface area contributed by atoms with Crippen molar-refractivity contribution in [3.8, 4) is 0 Å². The molecule has 2 nitrogen and oxygen atoms in total. The van der Waals surface area contributed by atoms with Crippen LogP contribution in [0.25, 0.3) is 10.9 Å². The highest BCUT2D eigenvalue weighted by Gasteiger charge is 2.39. The maximum Gasteiger partial charge on any atom is 0.0748 e. The van der Waals surface area contributed by atoms with Gasteiger partial charge in [-0.25, -0.2) is 0 Å². The van der Waals surface area contributed by atoms with Gasteiger partial charge in [0.05, 0.1) is 5.52 Å². The third kappa shape index (κ3) is 2.89. The van der Waals surface area contributed by atoms with Crippen LogP contribution in [0.15, 0.2) is 34.9 Å². The standard InChI is InChI=1S/C17H21BrN2/c1-17(2,3)20-10-11-9-14(11)12-6-7-15(18)13-5-4-8-19-16(12)13/h4-8,11,14,20H,9-10H2,1-3H3. The third-order valence-electron chi connectivity index (χ3n) is 3.96. The zero-order valence-electron chi connectivity index (χ0n) is 12.3. The van der Waals surface area contributed by atoms with E-state index >= 15 is 0 Å². The Kier molecular flexibility index (Phi) is 3.59. The molecule has 0 radical (unpaired) electrons. The first-order valence-electron chi connectivity index (χ1n) is 7.24.